The van der Waals surface area contributed by atoms with E-state index in [4.69, 9.17) is 5.26 Å². The van der Waals surface area contributed by atoms with Crippen LogP contribution in [0.25, 0.3) is 17.0 Å². The number of hydrogen-bond donors (Lipinski definition) is 0. The summed E-state index contributed by atoms with van der Waals surface area (Å²) in [5.74, 6) is -2.15. The molecule has 0 spiro atoms. The highest BCUT2D eigenvalue weighted by atomic mass is 19.4. The summed E-state index contributed by atoms with van der Waals surface area (Å²) in [6.45, 7) is 1.77. The van der Waals surface area contributed by atoms with Crippen LogP contribution in [0.15, 0.2) is 23.8 Å². The molecule has 0 fully saturated rings. The molecular formula is C14H10F3N3O. The van der Waals surface area contributed by atoms with E-state index in [1.807, 2.05) is 0 Å². The van der Waals surface area contributed by atoms with Crippen LogP contribution >= 0.6 is 0 Å². The average molecular weight is 293 g/mol. The fourth-order valence-corrected chi connectivity index (χ4v) is 2.02. The number of Topliss-reactive ketones (excluding diaryl/α,β-unsaturated/α-hetero) is 1. The number of nitriles is 1. The molecule has 0 aliphatic carbocycles. The Labute approximate surface area is 118 Å². The average Bonchev–Trinajstić information content (AvgIpc) is 2.69. The van der Waals surface area contributed by atoms with Gasteiger partial charge in [0.2, 0.25) is 0 Å². The van der Waals surface area contributed by atoms with E-state index in [0.717, 1.165) is 17.0 Å². The molecule has 2 rings (SSSR count). The summed E-state index contributed by atoms with van der Waals surface area (Å²) in [7, 11) is 1.75. The summed E-state index contributed by atoms with van der Waals surface area (Å²) in [4.78, 5) is 11.1. The van der Waals surface area contributed by atoms with E-state index >= 15 is 0 Å². The number of rotatable bonds is 2. The number of nitrogens with zero attached hydrogens (tertiary/aromatic N) is 3. The van der Waals surface area contributed by atoms with Crippen LogP contribution in [0.5, 0.6) is 0 Å². The van der Waals surface area contributed by atoms with Gasteiger partial charge in [0.1, 0.15) is 11.6 Å². The van der Waals surface area contributed by atoms with Gasteiger partial charge in [-0.15, -0.1) is 0 Å². The lowest BCUT2D eigenvalue weighted by Crippen LogP contribution is -2.23. The van der Waals surface area contributed by atoms with Crippen LogP contribution in [0.4, 0.5) is 13.2 Å². The van der Waals surface area contributed by atoms with E-state index in [0.29, 0.717) is 11.3 Å². The van der Waals surface area contributed by atoms with E-state index in [2.05, 4.69) is 5.10 Å². The normalized spacial score (nSPS) is 12.5. The molecule has 7 heteroatoms. The topological polar surface area (TPSA) is 58.7 Å². The van der Waals surface area contributed by atoms with Gasteiger partial charge >= 0.3 is 6.18 Å². The molecule has 0 aliphatic heterocycles. The van der Waals surface area contributed by atoms with E-state index in [1.165, 1.54) is 12.1 Å². The maximum Gasteiger partial charge on any atom is 0.455 e. The molecule has 108 valence electrons. The number of benzene rings is 1. The number of hydrogen-bond acceptors (Lipinski definition) is 3. The van der Waals surface area contributed by atoms with E-state index < -0.39 is 17.5 Å². The molecule has 0 aliphatic rings. The molecule has 0 radical (unpaired) electrons. The third kappa shape index (κ3) is 2.79. The second-order valence-corrected chi connectivity index (χ2v) is 4.48. The van der Waals surface area contributed by atoms with Crippen molar-refractivity contribution in [3.05, 3.63) is 35.0 Å². The van der Waals surface area contributed by atoms with Crippen LogP contribution in [0.2, 0.25) is 0 Å². The summed E-state index contributed by atoms with van der Waals surface area (Å²) in [5, 5.41) is 13.7. The zero-order valence-corrected chi connectivity index (χ0v) is 11.2. The van der Waals surface area contributed by atoms with Gasteiger partial charge in [-0.2, -0.15) is 23.5 Å². The molecule has 1 aromatic carbocycles. The minimum atomic E-state index is -5.06. The lowest BCUT2D eigenvalue weighted by atomic mass is 10.1. The van der Waals surface area contributed by atoms with Crippen molar-refractivity contribution >= 4 is 22.8 Å². The van der Waals surface area contributed by atoms with Gasteiger partial charge in [-0.05, 0) is 30.7 Å². The van der Waals surface area contributed by atoms with E-state index in [-0.39, 0.29) is 0 Å². The van der Waals surface area contributed by atoms with Crippen molar-refractivity contribution in [3.63, 3.8) is 0 Å². The smallest absolute Gasteiger partial charge is 0.283 e. The Morgan fingerprint density at radius 2 is 2.10 bits per heavy atom. The third-order valence-electron chi connectivity index (χ3n) is 2.99. The largest absolute Gasteiger partial charge is 0.455 e. The van der Waals surface area contributed by atoms with Gasteiger partial charge in [0, 0.05) is 12.4 Å². The molecule has 0 N–H and O–H groups in total. The molecule has 2 aromatic rings. The van der Waals surface area contributed by atoms with Gasteiger partial charge in [0.15, 0.2) is 0 Å². The summed E-state index contributed by atoms with van der Waals surface area (Å²) in [6, 6.07) is 6.10. The molecule has 1 heterocycles. The summed E-state index contributed by atoms with van der Waals surface area (Å²) in [6.07, 6.45) is -4.13. The van der Waals surface area contributed by atoms with Crippen LogP contribution in [0, 0.1) is 18.3 Å². The first-order valence-corrected chi connectivity index (χ1v) is 5.90. The monoisotopic (exact) mass is 293 g/mol. The highest BCUT2D eigenvalue weighted by Gasteiger charge is 2.40. The van der Waals surface area contributed by atoms with Gasteiger partial charge in [-0.25, -0.2) is 0 Å². The highest BCUT2D eigenvalue weighted by Crippen LogP contribution is 2.24. The summed E-state index contributed by atoms with van der Waals surface area (Å²) < 4.78 is 38.7. The number of aromatic nitrogens is 2. The minimum Gasteiger partial charge on any atom is -0.283 e. The maximum absolute atomic E-state index is 12.4. The SMILES string of the molecule is Cc1nn(C)c2ccc(C=C(C#N)C(=O)C(F)(F)F)cc12. The van der Waals surface area contributed by atoms with Crippen LogP contribution in [-0.4, -0.2) is 21.7 Å². The number of alkyl halides is 3. The summed E-state index contributed by atoms with van der Waals surface area (Å²) in [5.41, 5.74) is 0.921. The van der Waals surface area contributed by atoms with Gasteiger partial charge in [-0.1, -0.05) is 6.07 Å². The Balaban J connectivity index is 2.51. The number of ketones is 1. The fourth-order valence-electron chi connectivity index (χ4n) is 2.02. The van der Waals surface area contributed by atoms with Crippen LogP contribution < -0.4 is 0 Å². The Morgan fingerprint density at radius 1 is 1.43 bits per heavy atom. The molecule has 0 atom stereocenters. The molecule has 0 saturated heterocycles. The van der Waals surface area contributed by atoms with Crippen LogP contribution in [-0.2, 0) is 11.8 Å². The number of halogens is 3. The van der Waals surface area contributed by atoms with Crippen molar-refractivity contribution in [2.24, 2.45) is 7.05 Å². The molecule has 1 aromatic heterocycles. The fraction of sp³-hybridized carbons (Fsp3) is 0.214. The molecule has 0 saturated carbocycles. The molecule has 4 nitrogen and oxygen atoms in total. The predicted molar refractivity (Wildman–Crippen MR) is 70.1 cm³/mol. The second kappa shape index (κ2) is 5.05. The summed E-state index contributed by atoms with van der Waals surface area (Å²) >= 11 is 0. The van der Waals surface area contributed by atoms with Crippen molar-refractivity contribution in [1.82, 2.24) is 9.78 Å². The molecule has 0 bridgehead atoms. The molecule has 0 amide bonds. The first kappa shape index (κ1) is 14.8. The third-order valence-corrected chi connectivity index (χ3v) is 2.99. The number of aryl methyl sites for hydroxylation is 2. The van der Waals surface area contributed by atoms with Crippen molar-refractivity contribution < 1.29 is 18.0 Å². The molecule has 0 unspecified atom stereocenters. The Kier molecular flexibility index (Phi) is 3.56. The molecule has 21 heavy (non-hydrogen) atoms. The lowest BCUT2D eigenvalue weighted by molar-refractivity contribution is -0.165. The van der Waals surface area contributed by atoms with Crippen molar-refractivity contribution in [2.75, 3.05) is 0 Å². The lowest BCUT2D eigenvalue weighted by Gasteiger charge is -2.03. The standard InChI is InChI=1S/C14H10F3N3O/c1-8-11-6-9(3-4-12(11)20(2)19-8)5-10(7-18)13(21)14(15,16)17/h3-6H,1-2H3. The molecular weight excluding hydrogens is 283 g/mol. The highest BCUT2D eigenvalue weighted by molar-refractivity contribution is 6.06. The van der Waals surface area contributed by atoms with Crippen molar-refractivity contribution in [2.45, 2.75) is 13.1 Å². The number of carbonyl (C=O) groups is 1. The van der Waals surface area contributed by atoms with Crippen molar-refractivity contribution in [3.8, 4) is 6.07 Å². The van der Waals surface area contributed by atoms with Gasteiger partial charge in [0.05, 0.1) is 11.2 Å². The Morgan fingerprint density at radius 3 is 2.67 bits per heavy atom. The maximum atomic E-state index is 12.4. The minimum absolute atomic E-state index is 0.341. The van der Waals surface area contributed by atoms with E-state index in [1.54, 1.807) is 30.8 Å². The quantitative estimate of drug-likeness (QED) is 0.632. The van der Waals surface area contributed by atoms with Gasteiger partial charge < -0.3 is 0 Å². The number of allylic oxidation sites excluding steroid dienone is 1. The number of fused-ring (bicyclic) bond motifs is 1. The van der Waals surface area contributed by atoms with Crippen LogP contribution in [0.3, 0.4) is 0 Å². The van der Waals surface area contributed by atoms with Gasteiger partial charge in [0.25, 0.3) is 5.78 Å². The predicted octanol–water partition coefficient (Wildman–Crippen LogP) is 2.92. The zero-order chi connectivity index (χ0) is 15.8. The first-order valence-electron chi connectivity index (χ1n) is 5.90. The Bertz CT molecular complexity index is 794. The van der Waals surface area contributed by atoms with Crippen molar-refractivity contribution in [1.29, 1.82) is 5.26 Å². The van der Waals surface area contributed by atoms with Crippen LogP contribution in [0.1, 0.15) is 11.3 Å². The Hall–Kier alpha value is -2.62. The second-order valence-electron chi connectivity index (χ2n) is 4.48. The van der Waals surface area contributed by atoms with Gasteiger partial charge in [-0.3, -0.25) is 9.48 Å². The zero-order valence-electron chi connectivity index (χ0n) is 11.2. The number of carbonyl (C=O) groups excluding carboxylic acids is 1. The van der Waals surface area contributed by atoms with E-state index in [9.17, 15) is 18.0 Å². The first-order chi connectivity index (χ1) is 9.74.